The number of thiophene rings is 1. The number of benzene rings is 1. The van der Waals surface area contributed by atoms with Gasteiger partial charge in [0, 0.05) is 38.1 Å². The van der Waals surface area contributed by atoms with Crippen LogP contribution in [-0.2, 0) is 4.74 Å². The molecule has 3 rings (SSSR count). The average molecular weight is 562 g/mol. The highest BCUT2D eigenvalue weighted by Crippen LogP contribution is 2.25. The summed E-state index contributed by atoms with van der Waals surface area (Å²) in [5.74, 6) is 0.527. The van der Waals surface area contributed by atoms with Crippen LogP contribution in [0.25, 0.3) is 0 Å². The largest absolute Gasteiger partial charge is 0.379 e. The number of hydrogen-bond donors (Lipinski definition) is 2. The van der Waals surface area contributed by atoms with Gasteiger partial charge in [-0.1, -0.05) is 18.2 Å². The molecule has 1 aromatic heterocycles. The third kappa shape index (κ3) is 7.67. The van der Waals surface area contributed by atoms with E-state index in [0.717, 1.165) is 44.4 Å². The number of aliphatic imine (C=N–C) groups is 1. The van der Waals surface area contributed by atoms with Crippen LogP contribution in [0.5, 0.6) is 0 Å². The zero-order valence-corrected chi connectivity index (χ0v) is 21.5. The first-order valence-electron chi connectivity index (χ1n) is 10.3. The zero-order valence-electron chi connectivity index (χ0n) is 18.4. The molecule has 2 N–H and O–H groups in total. The number of morpholine rings is 1. The van der Waals surface area contributed by atoms with E-state index in [1.807, 2.05) is 20.2 Å². The van der Waals surface area contributed by atoms with Gasteiger partial charge in [0.2, 0.25) is 0 Å². The van der Waals surface area contributed by atoms with Gasteiger partial charge in [0.25, 0.3) is 0 Å². The summed E-state index contributed by atoms with van der Waals surface area (Å²) in [6.07, 6.45) is 0. The summed E-state index contributed by atoms with van der Waals surface area (Å²) < 4.78 is 19.2. The lowest BCUT2D eigenvalue weighted by Crippen LogP contribution is -2.47. The predicted molar refractivity (Wildman–Crippen MR) is 137 cm³/mol. The van der Waals surface area contributed by atoms with Crippen molar-refractivity contribution in [3.63, 3.8) is 0 Å². The van der Waals surface area contributed by atoms with E-state index in [0.29, 0.717) is 6.54 Å². The fraction of sp³-hybridized carbons (Fsp3) is 0.500. The van der Waals surface area contributed by atoms with Crippen LogP contribution in [0.1, 0.15) is 22.5 Å². The third-order valence-corrected chi connectivity index (χ3v) is 6.34. The molecule has 0 radical (unpaired) electrons. The Kier molecular flexibility index (Phi) is 11.2. The van der Waals surface area contributed by atoms with Crippen LogP contribution >= 0.6 is 35.3 Å². The second-order valence-electron chi connectivity index (χ2n) is 7.55. The van der Waals surface area contributed by atoms with Crippen LogP contribution in [0.4, 0.5) is 4.39 Å². The molecular weight excluding hydrogens is 528 g/mol. The maximum Gasteiger partial charge on any atom is 0.191 e. The Morgan fingerprint density at radius 3 is 2.55 bits per heavy atom. The van der Waals surface area contributed by atoms with E-state index in [1.54, 1.807) is 30.5 Å². The Bertz CT molecular complexity index is 799. The van der Waals surface area contributed by atoms with Gasteiger partial charge in [-0.15, -0.1) is 35.3 Å². The molecule has 0 spiro atoms. The molecule has 6 nitrogen and oxygen atoms in total. The van der Waals surface area contributed by atoms with E-state index in [4.69, 9.17) is 4.74 Å². The van der Waals surface area contributed by atoms with Crippen molar-refractivity contribution < 1.29 is 9.13 Å². The summed E-state index contributed by atoms with van der Waals surface area (Å²) in [6.45, 7) is 4.78. The molecule has 1 aromatic carbocycles. The standard InChI is InChI=1S/C22H32FN5OS.HI/c1-24-22(25-15-19(27(2)3)17-6-4-7-18(23)14-17)26-16-20(21-8-5-13-30-21)28-9-11-29-12-10-28;/h4-8,13-14,19-20H,9-12,15-16H2,1-3H3,(H2,24,25,26);1H. The van der Waals surface area contributed by atoms with Crippen LogP contribution in [0.15, 0.2) is 46.8 Å². The lowest BCUT2D eigenvalue weighted by atomic mass is 10.1. The quantitative estimate of drug-likeness (QED) is 0.294. The Hall–Kier alpha value is -1.27. The van der Waals surface area contributed by atoms with E-state index in [9.17, 15) is 4.39 Å². The van der Waals surface area contributed by atoms with E-state index in [2.05, 4.69) is 42.9 Å². The average Bonchev–Trinajstić information content (AvgIpc) is 3.28. The van der Waals surface area contributed by atoms with E-state index in [-0.39, 0.29) is 41.9 Å². The van der Waals surface area contributed by atoms with Crippen molar-refractivity contribution in [2.45, 2.75) is 12.1 Å². The van der Waals surface area contributed by atoms with Gasteiger partial charge in [-0.3, -0.25) is 9.89 Å². The molecule has 9 heteroatoms. The molecule has 2 atom stereocenters. The first-order chi connectivity index (χ1) is 14.6. The van der Waals surface area contributed by atoms with Gasteiger partial charge in [-0.2, -0.15) is 0 Å². The van der Waals surface area contributed by atoms with Crippen molar-refractivity contribution in [3.05, 3.63) is 58.0 Å². The molecule has 0 aliphatic carbocycles. The molecule has 31 heavy (non-hydrogen) atoms. The number of nitrogens with zero attached hydrogens (tertiary/aromatic N) is 3. The first-order valence-corrected chi connectivity index (χ1v) is 11.2. The molecule has 1 saturated heterocycles. The van der Waals surface area contributed by atoms with Gasteiger partial charge in [-0.25, -0.2) is 4.39 Å². The second-order valence-corrected chi connectivity index (χ2v) is 8.53. The van der Waals surface area contributed by atoms with E-state index >= 15 is 0 Å². The zero-order chi connectivity index (χ0) is 21.3. The lowest BCUT2D eigenvalue weighted by Gasteiger charge is -2.34. The minimum Gasteiger partial charge on any atom is -0.379 e. The van der Waals surface area contributed by atoms with Crippen LogP contribution < -0.4 is 10.6 Å². The fourth-order valence-electron chi connectivity index (χ4n) is 3.70. The van der Waals surface area contributed by atoms with E-state index in [1.165, 1.54) is 10.9 Å². The molecule has 0 amide bonds. The van der Waals surface area contributed by atoms with E-state index < -0.39 is 0 Å². The summed E-state index contributed by atoms with van der Waals surface area (Å²) in [6, 6.07) is 11.4. The van der Waals surface area contributed by atoms with Crippen molar-refractivity contribution in [2.24, 2.45) is 4.99 Å². The number of guanidine groups is 1. The lowest BCUT2D eigenvalue weighted by molar-refractivity contribution is 0.0177. The number of rotatable bonds is 8. The first kappa shape index (κ1) is 26.0. The second kappa shape index (κ2) is 13.3. The molecular formula is C22H33FIN5OS. The van der Waals surface area contributed by atoms with Gasteiger partial charge >= 0.3 is 0 Å². The summed E-state index contributed by atoms with van der Waals surface area (Å²) in [7, 11) is 5.77. The number of nitrogens with one attached hydrogen (secondary N) is 2. The maximum atomic E-state index is 13.7. The molecule has 1 aliphatic heterocycles. The topological polar surface area (TPSA) is 52.1 Å². The normalized spacial score (nSPS) is 17.1. The minimum atomic E-state index is -0.217. The highest BCUT2D eigenvalue weighted by molar-refractivity contribution is 14.0. The van der Waals surface area contributed by atoms with Gasteiger partial charge in [0.15, 0.2) is 5.96 Å². The van der Waals surface area contributed by atoms with Crippen molar-refractivity contribution in [1.82, 2.24) is 20.4 Å². The summed E-state index contributed by atoms with van der Waals surface area (Å²) in [5.41, 5.74) is 0.938. The third-order valence-electron chi connectivity index (χ3n) is 5.36. The van der Waals surface area contributed by atoms with Gasteiger partial charge in [0.05, 0.1) is 25.3 Å². The molecule has 172 valence electrons. The highest BCUT2D eigenvalue weighted by atomic mass is 127. The molecule has 1 fully saturated rings. The van der Waals surface area contributed by atoms with Crippen molar-refractivity contribution in [2.75, 3.05) is 60.5 Å². The molecule has 2 unspecified atom stereocenters. The van der Waals surface area contributed by atoms with Gasteiger partial charge in [-0.05, 0) is 43.2 Å². The molecule has 0 bridgehead atoms. The number of ether oxygens (including phenoxy) is 1. The van der Waals surface area contributed by atoms with Crippen molar-refractivity contribution in [1.29, 1.82) is 0 Å². The molecule has 0 saturated carbocycles. The summed E-state index contributed by atoms with van der Waals surface area (Å²) in [5, 5.41) is 9.01. The molecule has 2 aromatic rings. The number of likely N-dealkylation sites (N-methyl/N-ethyl adjacent to an activating group) is 1. The summed E-state index contributed by atoms with van der Waals surface area (Å²) in [4.78, 5) is 10.3. The van der Waals surface area contributed by atoms with Crippen molar-refractivity contribution in [3.8, 4) is 0 Å². The monoisotopic (exact) mass is 561 g/mol. The fourth-order valence-corrected chi connectivity index (χ4v) is 4.56. The van der Waals surface area contributed by atoms with Crippen LogP contribution in [-0.4, -0.2) is 76.3 Å². The van der Waals surface area contributed by atoms with Crippen LogP contribution in [0.3, 0.4) is 0 Å². The molecule has 1 aliphatic rings. The smallest absolute Gasteiger partial charge is 0.191 e. The summed E-state index contributed by atoms with van der Waals surface area (Å²) >= 11 is 1.78. The van der Waals surface area contributed by atoms with Gasteiger partial charge < -0.3 is 20.3 Å². The SMILES string of the molecule is CN=C(NCC(c1cccc(F)c1)N(C)C)NCC(c1cccs1)N1CCOCC1.I. The number of hydrogen-bond acceptors (Lipinski definition) is 5. The highest BCUT2D eigenvalue weighted by Gasteiger charge is 2.24. The number of halogens is 2. The maximum absolute atomic E-state index is 13.7. The van der Waals surface area contributed by atoms with Crippen molar-refractivity contribution >= 4 is 41.3 Å². The van der Waals surface area contributed by atoms with Crippen LogP contribution in [0, 0.1) is 5.82 Å². The van der Waals surface area contributed by atoms with Crippen LogP contribution in [0.2, 0.25) is 0 Å². The van der Waals surface area contributed by atoms with Gasteiger partial charge in [0.1, 0.15) is 5.82 Å². The molecule has 2 heterocycles. The Morgan fingerprint density at radius 1 is 1.19 bits per heavy atom. The predicted octanol–water partition coefficient (Wildman–Crippen LogP) is 3.35. The Morgan fingerprint density at radius 2 is 1.94 bits per heavy atom. The minimum absolute atomic E-state index is 0. The Labute approximate surface area is 205 Å². The Balaban J connectivity index is 0.00000341.